The van der Waals surface area contributed by atoms with Gasteiger partial charge in [0.25, 0.3) is 0 Å². The fraction of sp³-hybridized carbons (Fsp3) is 0.562. The van der Waals surface area contributed by atoms with Gasteiger partial charge in [0.15, 0.2) is 0 Å². The SMILES string of the molecule is CCCNC(Cc1ccc(CC)s1)c1cnn(C)c1C. The van der Waals surface area contributed by atoms with E-state index >= 15 is 0 Å². The van der Waals surface area contributed by atoms with E-state index in [1.54, 1.807) is 0 Å². The molecule has 0 bridgehead atoms. The van der Waals surface area contributed by atoms with Crippen molar-refractivity contribution >= 4 is 11.3 Å². The van der Waals surface area contributed by atoms with E-state index in [4.69, 9.17) is 0 Å². The minimum absolute atomic E-state index is 0.368. The molecule has 2 aromatic heterocycles. The number of hydrogen-bond acceptors (Lipinski definition) is 3. The number of nitrogens with zero attached hydrogens (tertiary/aromatic N) is 2. The zero-order valence-corrected chi connectivity index (χ0v) is 13.8. The van der Waals surface area contributed by atoms with Gasteiger partial charge < -0.3 is 5.32 Å². The Morgan fingerprint density at radius 1 is 1.30 bits per heavy atom. The van der Waals surface area contributed by atoms with Crippen LogP contribution in [-0.2, 0) is 19.9 Å². The van der Waals surface area contributed by atoms with E-state index in [0.29, 0.717) is 6.04 Å². The molecule has 20 heavy (non-hydrogen) atoms. The molecular weight excluding hydrogens is 266 g/mol. The Morgan fingerprint density at radius 3 is 2.60 bits per heavy atom. The third kappa shape index (κ3) is 3.49. The van der Waals surface area contributed by atoms with Crippen LogP contribution in [-0.4, -0.2) is 16.3 Å². The molecule has 0 aliphatic heterocycles. The second-order valence-corrected chi connectivity index (χ2v) is 6.49. The fourth-order valence-corrected chi connectivity index (χ4v) is 3.39. The largest absolute Gasteiger partial charge is 0.310 e. The minimum Gasteiger partial charge on any atom is -0.310 e. The molecule has 1 unspecified atom stereocenters. The molecule has 0 saturated heterocycles. The smallest absolute Gasteiger partial charge is 0.0540 e. The van der Waals surface area contributed by atoms with Gasteiger partial charge in [0.05, 0.1) is 6.20 Å². The van der Waals surface area contributed by atoms with Gasteiger partial charge in [0.2, 0.25) is 0 Å². The molecule has 3 nitrogen and oxygen atoms in total. The van der Waals surface area contributed by atoms with Crippen molar-refractivity contribution in [2.24, 2.45) is 7.05 Å². The van der Waals surface area contributed by atoms with Crippen LogP contribution in [0, 0.1) is 6.92 Å². The van der Waals surface area contributed by atoms with E-state index in [2.05, 4.69) is 43.3 Å². The molecule has 1 N–H and O–H groups in total. The summed E-state index contributed by atoms with van der Waals surface area (Å²) in [6, 6.07) is 4.90. The van der Waals surface area contributed by atoms with E-state index in [9.17, 15) is 0 Å². The highest BCUT2D eigenvalue weighted by atomic mass is 32.1. The summed E-state index contributed by atoms with van der Waals surface area (Å²) in [4.78, 5) is 2.93. The molecule has 0 amide bonds. The Labute approximate surface area is 126 Å². The third-order valence-corrected chi connectivity index (χ3v) is 5.01. The van der Waals surface area contributed by atoms with Gasteiger partial charge >= 0.3 is 0 Å². The molecule has 2 aromatic rings. The standard InChI is InChI=1S/C16H25N3S/c1-5-9-17-16(15-11-18-19(4)12(15)3)10-14-8-7-13(6-2)20-14/h7-8,11,16-17H,5-6,9-10H2,1-4H3. The Bertz CT molecular complexity index is 542. The van der Waals surface area contributed by atoms with E-state index in [-0.39, 0.29) is 0 Å². The Kier molecular flexibility index (Phi) is 5.38. The van der Waals surface area contributed by atoms with Crippen LogP contribution in [0.5, 0.6) is 0 Å². The van der Waals surface area contributed by atoms with Gasteiger partial charge in [0, 0.05) is 40.5 Å². The number of hydrogen-bond donors (Lipinski definition) is 1. The zero-order chi connectivity index (χ0) is 14.5. The maximum Gasteiger partial charge on any atom is 0.0540 e. The van der Waals surface area contributed by atoms with E-state index in [1.165, 1.54) is 21.0 Å². The summed E-state index contributed by atoms with van der Waals surface area (Å²) in [6.07, 6.45) is 5.35. The van der Waals surface area contributed by atoms with Crippen LogP contribution in [0.15, 0.2) is 18.3 Å². The van der Waals surface area contributed by atoms with Gasteiger partial charge in [0.1, 0.15) is 0 Å². The quantitative estimate of drug-likeness (QED) is 0.844. The summed E-state index contributed by atoms with van der Waals surface area (Å²) in [7, 11) is 2.01. The van der Waals surface area contributed by atoms with Crippen molar-refractivity contribution in [3.05, 3.63) is 39.3 Å². The molecule has 1 atom stereocenters. The van der Waals surface area contributed by atoms with Crippen LogP contribution in [0.4, 0.5) is 0 Å². The van der Waals surface area contributed by atoms with Crippen molar-refractivity contribution in [3.8, 4) is 0 Å². The highest BCUT2D eigenvalue weighted by molar-refractivity contribution is 7.11. The summed E-state index contributed by atoms with van der Waals surface area (Å²) < 4.78 is 1.96. The second kappa shape index (κ2) is 7.04. The molecule has 110 valence electrons. The number of aromatic nitrogens is 2. The lowest BCUT2D eigenvalue weighted by molar-refractivity contribution is 0.529. The number of aryl methyl sites for hydroxylation is 2. The van der Waals surface area contributed by atoms with Crippen molar-refractivity contribution < 1.29 is 0 Å². The topological polar surface area (TPSA) is 29.9 Å². The number of rotatable bonds is 7. The van der Waals surface area contributed by atoms with E-state index in [0.717, 1.165) is 25.8 Å². The van der Waals surface area contributed by atoms with Crippen molar-refractivity contribution in [3.63, 3.8) is 0 Å². The van der Waals surface area contributed by atoms with Crippen molar-refractivity contribution in [1.82, 2.24) is 15.1 Å². The van der Waals surface area contributed by atoms with Crippen molar-refractivity contribution in [2.75, 3.05) is 6.54 Å². The lowest BCUT2D eigenvalue weighted by Crippen LogP contribution is -2.24. The highest BCUT2D eigenvalue weighted by Crippen LogP contribution is 2.25. The first-order valence-electron chi connectivity index (χ1n) is 7.45. The van der Waals surface area contributed by atoms with Gasteiger partial charge in [-0.15, -0.1) is 11.3 Å². The normalized spacial score (nSPS) is 12.8. The summed E-state index contributed by atoms with van der Waals surface area (Å²) >= 11 is 1.93. The predicted molar refractivity (Wildman–Crippen MR) is 86.4 cm³/mol. The van der Waals surface area contributed by atoms with Gasteiger partial charge in [-0.3, -0.25) is 4.68 Å². The zero-order valence-electron chi connectivity index (χ0n) is 12.9. The van der Waals surface area contributed by atoms with E-state index in [1.807, 2.05) is 29.3 Å². The molecule has 0 radical (unpaired) electrons. The molecule has 2 heterocycles. The van der Waals surface area contributed by atoms with Crippen molar-refractivity contribution in [2.45, 2.75) is 46.1 Å². The summed E-state index contributed by atoms with van der Waals surface area (Å²) in [5, 5.41) is 8.06. The van der Waals surface area contributed by atoms with E-state index < -0.39 is 0 Å². The third-order valence-electron chi connectivity index (χ3n) is 3.76. The van der Waals surface area contributed by atoms with Crippen LogP contribution < -0.4 is 5.32 Å². The maximum absolute atomic E-state index is 4.39. The Balaban J connectivity index is 2.16. The summed E-state index contributed by atoms with van der Waals surface area (Å²) in [6.45, 7) is 7.62. The second-order valence-electron chi connectivity index (χ2n) is 5.24. The van der Waals surface area contributed by atoms with Crippen LogP contribution in [0.2, 0.25) is 0 Å². The average Bonchev–Trinajstić information content (AvgIpc) is 3.03. The molecule has 0 aliphatic rings. The summed E-state index contributed by atoms with van der Waals surface area (Å²) in [5.41, 5.74) is 2.58. The molecule has 0 saturated carbocycles. The fourth-order valence-electron chi connectivity index (χ4n) is 2.39. The first kappa shape index (κ1) is 15.3. The monoisotopic (exact) mass is 291 g/mol. The van der Waals surface area contributed by atoms with Crippen LogP contribution in [0.25, 0.3) is 0 Å². The molecular formula is C16H25N3S. The van der Waals surface area contributed by atoms with Crippen LogP contribution in [0.3, 0.4) is 0 Å². The molecule has 4 heteroatoms. The molecule has 0 aromatic carbocycles. The van der Waals surface area contributed by atoms with Crippen LogP contribution in [0.1, 0.15) is 47.3 Å². The predicted octanol–water partition coefficient (Wildman–Crippen LogP) is 3.64. The van der Waals surface area contributed by atoms with Gasteiger partial charge in [-0.25, -0.2) is 0 Å². The first-order valence-corrected chi connectivity index (χ1v) is 8.26. The van der Waals surface area contributed by atoms with Gasteiger partial charge in [-0.1, -0.05) is 13.8 Å². The number of nitrogens with one attached hydrogen (secondary N) is 1. The maximum atomic E-state index is 4.39. The Hall–Kier alpha value is -1.13. The lowest BCUT2D eigenvalue weighted by atomic mass is 10.0. The average molecular weight is 291 g/mol. The highest BCUT2D eigenvalue weighted by Gasteiger charge is 2.17. The van der Waals surface area contributed by atoms with Gasteiger partial charge in [-0.05, 0) is 38.4 Å². The lowest BCUT2D eigenvalue weighted by Gasteiger charge is -2.17. The molecule has 0 spiro atoms. The minimum atomic E-state index is 0.368. The van der Waals surface area contributed by atoms with Crippen LogP contribution >= 0.6 is 11.3 Å². The molecule has 0 fully saturated rings. The Morgan fingerprint density at radius 2 is 2.05 bits per heavy atom. The van der Waals surface area contributed by atoms with Gasteiger partial charge in [-0.2, -0.15) is 5.10 Å². The first-order chi connectivity index (χ1) is 9.65. The molecule has 2 rings (SSSR count). The summed E-state index contributed by atoms with van der Waals surface area (Å²) in [5.74, 6) is 0. The molecule has 0 aliphatic carbocycles. The number of thiophene rings is 1. The van der Waals surface area contributed by atoms with Crippen molar-refractivity contribution in [1.29, 1.82) is 0 Å².